The summed E-state index contributed by atoms with van der Waals surface area (Å²) in [4.78, 5) is 3.51. The van der Waals surface area contributed by atoms with Gasteiger partial charge in [-0.25, -0.2) is 4.85 Å². The molecule has 0 radical (unpaired) electrons. The van der Waals surface area contributed by atoms with Crippen LogP contribution in [0.3, 0.4) is 0 Å². The Balaban J connectivity index is 2.77. The van der Waals surface area contributed by atoms with E-state index in [1.807, 2.05) is 24.4 Å². The topological polar surface area (TPSA) is 9.29 Å². The van der Waals surface area contributed by atoms with Crippen LogP contribution in [0.5, 0.6) is 0 Å². The fourth-order valence-corrected chi connectivity index (χ4v) is 1.72. The van der Waals surface area contributed by atoms with Crippen LogP contribution in [-0.4, -0.2) is 4.57 Å². The first-order chi connectivity index (χ1) is 6.74. The van der Waals surface area contributed by atoms with Crippen LogP contribution >= 0.6 is 0 Å². The molecular weight excluding hydrogens is 172 g/mol. The van der Waals surface area contributed by atoms with E-state index in [4.69, 9.17) is 6.57 Å². The van der Waals surface area contributed by atoms with Gasteiger partial charge in [0, 0.05) is 23.1 Å². The lowest BCUT2D eigenvalue weighted by molar-refractivity contribution is 0.623. The number of hydrogen-bond donors (Lipinski definition) is 0. The van der Waals surface area contributed by atoms with E-state index in [2.05, 4.69) is 29.3 Å². The molecule has 2 heteroatoms. The minimum atomic E-state index is 0.438. The van der Waals surface area contributed by atoms with E-state index in [0.29, 0.717) is 6.04 Å². The monoisotopic (exact) mass is 184 g/mol. The molecule has 1 aromatic heterocycles. The summed E-state index contributed by atoms with van der Waals surface area (Å²) in [6.45, 7) is 11.3. The standard InChI is InChI=1S/C12H12N2/c1-9(2)14-8-7-10-11(13-3)5-4-6-12(10)14/h4-9H,1-2H3. The number of aromatic nitrogens is 1. The number of hydrogen-bond acceptors (Lipinski definition) is 0. The zero-order valence-electron chi connectivity index (χ0n) is 8.36. The Bertz CT molecular complexity index is 501. The summed E-state index contributed by atoms with van der Waals surface area (Å²) in [6.07, 6.45) is 2.05. The van der Waals surface area contributed by atoms with Crippen molar-refractivity contribution in [2.45, 2.75) is 19.9 Å². The quantitative estimate of drug-likeness (QED) is 0.597. The molecule has 0 amide bonds. The highest BCUT2D eigenvalue weighted by molar-refractivity contribution is 5.92. The third-order valence-corrected chi connectivity index (χ3v) is 2.42. The van der Waals surface area contributed by atoms with Crippen LogP contribution in [0.2, 0.25) is 0 Å². The Hall–Kier alpha value is -1.75. The summed E-state index contributed by atoms with van der Waals surface area (Å²) < 4.78 is 2.18. The Kier molecular flexibility index (Phi) is 2.01. The zero-order valence-corrected chi connectivity index (χ0v) is 8.36. The van der Waals surface area contributed by atoms with Gasteiger partial charge in [-0.3, -0.25) is 0 Å². The van der Waals surface area contributed by atoms with Gasteiger partial charge in [-0.05, 0) is 26.0 Å². The van der Waals surface area contributed by atoms with Crippen LogP contribution in [0.25, 0.3) is 15.7 Å². The lowest BCUT2D eigenvalue weighted by Crippen LogP contribution is -1.97. The number of nitrogens with zero attached hydrogens (tertiary/aromatic N) is 2. The van der Waals surface area contributed by atoms with E-state index in [1.54, 1.807) is 0 Å². The number of benzene rings is 1. The summed E-state index contributed by atoms with van der Waals surface area (Å²) in [6, 6.07) is 8.31. The Morgan fingerprint density at radius 2 is 2.07 bits per heavy atom. The Morgan fingerprint density at radius 1 is 1.29 bits per heavy atom. The van der Waals surface area contributed by atoms with Crippen molar-refractivity contribution in [2.24, 2.45) is 0 Å². The van der Waals surface area contributed by atoms with Crippen LogP contribution in [-0.2, 0) is 0 Å². The Morgan fingerprint density at radius 3 is 2.71 bits per heavy atom. The molecule has 0 N–H and O–H groups in total. The molecule has 0 fully saturated rings. The van der Waals surface area contributed by atoms with E-state index >= 15 is 0 Å². The molecule has 0 saturated carbocycles. The molecule has 2 aromatic rings. The van der Waals surface area contributed by atoms with Crippen molar-refractivity contribution in [2.75, 3.05) is 0 Å². The normalized spacial score (nSPS) is 10.7. The molecule has 0 unspecified atom stereocenters. The van der Waals surface area contributed by atoms with E-state index in [-0.39, 0.29) is 0 Å². The average molecular weight is 184 g/mol. The lowest BCUT2D eigenvalue weighted by Gasteiger charge is -2.08. The van der Waals surface area contributed by atoms with Crippen molar-refractivity contribution >= 4 is 16.6 Å². The summed E-state index contributed by atoms with van der Waals surface area (Å²) in [7, 11) is 0. The molecule has 0 bridgehead atoms. The van der Waals surface area contributed by atoms with Gasteiger partial charge in [0.15, 0.2) is 5.69 Å². The van der Waals surface area contributed by atoms with E-state index in [1.165, 1.54) is 0 Å². The van der Waals surface area contributed by atoms with Crippen molar-refractivity contribution in [3.8, 4) is 0 Å². The van der Waals surface area contributed by atoms with E-state index in [0.717, 1.165) is 16.6 Å². The fraction of sp³-hybridized carbons (Fsp3) is 0.250. The van der Waals surface area contributed by atoms with Crippen LogP contribution in [0, 0.1) is 6.57 Å². The van der Waals surface area contributed by atoms with Crippen molar-refractivity contribution in [3.05, 3.63) is 41.9 Å². The van der Waals surface area contributed by atoms with E-state index < -0.39 is 0 Å². The second kappa shape index (κ2) is 3.19. The highest BCUT2D eigenvalue weighted by Gasteiger charge is 2.06. The first-order valence-corrected chi connectivity index (χ1v) is 4.71. The SMILES string of the molecule is [C-]#[N+]c1cccc2c1ccn2C(C)C. The predicted octanol–water partition coefficient (Wildman–Crippen LogP) is 3.77. The minimum Gasteiger partial charge on any atom is -0.346 e. The minimum absolute atomic E-state index is 0.438. The summed E-state index contributed by atoms with van der Waals surface area (Å²) in [5.74, 6) is 0. The summed E-state index contributed by atoms with van der Waals surface area (Å²) in [5.41, 5.74) is 1.88. The van der Waals surface area contributed by atoms with Crippen LogP contribution in [0.4, 0.5) is 5.69 Å². The van der Waals surface area contributed by atoms with Crippen LogP contribution in [0.15, 0.2) is 30.5 Å². The molecular formula is C12H12N2. The number of rotatable bonds is 1. The van der Waals surface area contributed by atoms with Crippen LogP contribution < -0.4 is 0 Å². The van der Waals surface area contributed by atoms with Crippen molar-refractivity contribution < 1.29 is 0 Å². The van der Waals surface area contributed by atoms with Gasteiger partial charge in [0.2, 0.25) is 0 Å². The van der Waals surface area contributed by atoms with Crippen molar-refractivity contribution in [1.82, 2.24) is 4.57 Å². The zero-order chi connectivity index (χ0) is 10.1. The van der Waals surface area contributed by atoms with Gasteiger partial charge < -0.3 is 4.57 Å². The maximum atomic E-state index is 7.06. The lowest BCUT2D eigenvalue weighted by atomic mass is 10.2. The first-order valence-electron chi connectivity index (χ1n) is 4.71. The smallest absolute Gasteiger partial charge is 0.196 e. The van der Waals surface area contributed by atoms with Gasteiger partial charge in [-0.2, -0.15) is 0 Å². The highest BCUT2D eigenvalue weighted by atomic mass is 15.0. The summed E-state index contributed by atoms with van der Waals surface area (Å²) >= 11 is 0. The third kappa shape index (κ3) is 1.18. The van der Waals surface area contributed by atoms with Gasteiger partial charge >= 0.3 is 0 Å². The van der Waals surface area contributed by atoms with E-state index in [9.17, 15) is 0 Å². The molecule has 0 aliphatic heterocycles. The molecule has 2 rings (SSSR count). The molecule has 70 valence electrons. The van der Waals surface area contributed by atoms with Crippen LogP contribution in [0.1, 0.15) is 19.9 Å². The van der Waals surface area contributed by atoms with Gasteiger partial charge in [-0.1, -0.05) is 12.1 Å². The maximum absolute atomic E-state index is 7.06. The van der Waals surface area contributed by atoms with Gasteiger partial charge in [0.25, 0.3) is 0 Å². The van der Waals surface area contributed by atoms with Crippen molar-refractivity contribution in [1.29, 1.82) is 0 Å². The second-order valence-electron chi connectivity index (χ2n) is 3.64. The molecule has 0 atom stereocenters. The van der Waals surface area contributed by atoms with Gasteiger partial charge in [0.05, 0.1) is 6.57 Å². The van der Waals surface area contributed by atoms with Crippen molar-refractivity contribution in [3.63, 3.8) is 0 Å². The molecule has 0 spiro atoms. The average Bonchev–Trinajstić information content (AvgIpc) is 2.60. The third-order valence-electron chi connectivity index (χ3n) is 2.42. The maximum Gasteiger partial charge on any atom is 0.196 e. The molecule has 2 nitrogen and oxygen atoms in total. The highest BCUT2D eigenvalue weighted by Crippen LogP contribution is 2.28. The summed E-state index contributed by atoms with van der Waals surface area (Å²) in [5, 5.41) is 1.05. The predicted molar refractivity (Wildman–Crippen MR) is 58.6 cm³/mol. The molecule has 0 saturated heterocycles. The molecule has 0 aliphatic carbocycles. The molecule has 1 aromatic carbocycles. The van der Waals surface area contributed by atoms with Gasteiger partial charge in [0.1, 0.15) is 0 Å². The number of fused-ring (bicyclic) bond motifs is 1. The molecule has 14 heavy (non-hydrogen) atoms. The molecule has 1 heterocycles. The fourth-order valence-electron chi connectivity index (χ4n) is 1.72. The molecule has 0 aliphatic rings. The van der Waals surface area contributed by atoms with Gasteiger partial charge in [-0.15, -0.1) is 0 Å². The second-order valence-corrected chi connectivity index (χ2v) is 3.64. The largest absolute Gasteiger partial charge is 0.346 e. The first kappa shape index (κ1) is 8.83. The Labute approximate surface area is 83.6 Å².